The maximum absolute atomic E-state index is 12.5. The summed E-state index contributed by atoms with van der Waals surface area (Å²) in [6, 6.07) is 14.5. The number of sulfonamides is 1. The first kappa shape index (κ1) is 21.6. The average Bonchev–Trinajstić information content (AvgIpc) is 2.67. The van der Waals surface area contributed by atoms with E-state index in [1.807, 2.05) is 38.1 Å². The molecule has 1 N–H and O–H groups in total. The number of hydrogen-bond acceptors (Lipinski definition) is 3. The first-order chi connectivity index (χ1) is 12.9. The topological polar surface area (TPSA) is 66.5 Å². The van der Waals surface area contributed by atoms with Gasteiger partial charge in [0.25, 0.3) is 0 Å². The van der Waals surface area contributed by atoms with Gasteiger partial charge in [-0.05, 0) is 35.7 Å². The van der Waals surface area contributed by atoms with E-state index in [2.05, 4.69) is 21.2 Å². The van der Waals surface area contributed by atoms with Gasteiger partial charge in [0.2, 0.25) is 15.9 Å². The molecule has 2 rings (SSSR count). The Bertz CT molecular complexity index is 863. The number of carbonyl (C=O) groups is 1. The van der Waals surface area contributed by atoms with Crippen molar-refractivity contribution in [1.29, 1.82) is 0 Å². The molecule has 0 aliphatic heterocycles. The van der Waals surface area contributed by atoms with Gasteiger partial charge < -0.3 is 5.32 Å². The molecule has 0 saturated heterocycles. The molecule has 0 atom stereocenters. The number of carbonyl (C=O) groups excluding carboxylic acids is 1. The van der Waals surface area contributed by atoms with Crippen molar-refractivity contribution in [2.24, 2.45) is 0 Å². The lowest BCUT2D eigenvalue weighted by molar-refractivity contribution is -0.121. The minimum Gasteiger partial charge on any atom is -0.352 e. The Labute approximate surface area is 170 Å². The van der Waals surface area contributed by atoms with Crippen LogP contribution in [0.15, 0.2) is 57.9 Å². The smallest absolute Gasteiger partial charge is 0.243 e. The molecule has 0 aromatic heterocycles. The second-order valence-electron chi connectivity index (χ2n) is 6.10. The molecular formula is C20H25BrN2O3S. The molecule has 2 aromatic carbocycles. The Morgan fingerprint density at radius 1 is 1.04 bits per heavy atom. The van der Waals surface area contributed by atoms with Crippen molar-refractivity contribution >= 4 is 31.9 Å². The number of hydrogen-bond donors (Lipinski definition) is 1. The fourth-order valence-electron chi connectivity index (χ4n) is 2.73. The maximum Gasteiger partial charge on any atom is 0.243 e. The van der Waals surface area contributed by atoms with E-state index in [9.17, 15) is 13.2 Å². The van der Waals surface area contributed by atoms with Gasteiger partial charge in [-0.1, -0.05) is 60.1 Å². The molecular weight excluding hydrogens is 428 g/mol. The van der Waals surface area contributed by atoms with Crippen LogP contribution in [0.4, 0.5) is 0 Å². The summed E-state index contributed by atoms with van der Waals surface area (Å²) in [4.78, 5) is 12.3. The van der Waals surface area contributed by atoms with E-state index in [1.54, 1.807) is 24.3 Å². The van der Waals surface area contributed by atoms with E-state index < -0.39 is 10.0 Å². The van der Waals surface area contributed by atoms with Crippen molar-refractivity contribution in [3.05, 3.63) is 64.1 Å². The fraction of sp³-hybridized carbons (Fsp3) is 0.350. The summed E-state index contributed by atoms with van der Waals surface area (Å²) in [5.41, 5.74) is 1.96. The molecule has 0 bridgehead atoms. The molecule has 0 aliphatic carbocycles. The van der Waals surface area contributed by atoms with Gasteiger partial charge in [-0.2, -0.15) is 4.31 Å². The zero-order chi connectivity index (χ0) is 19.9. The van der Waals surface area contributed by atoms with Gasteiger partial charge in [-0.25, -0.2) is 8.42 Å². The van der Waals surface area contributed by atoms with Crippen LogP contribution < -0.4 is 5.32 Å². The number of amides is 1. The number of nitrogens with one attached hydrogen (secondary N) is 1. The fourth-order valence-corrected chi connectivity index (χ4v) is 4.67. The Kier molecular flexibility index (Phi) is 8.01. The normalized spacial score (nSPS) is 11.6. The quantitative estimate of drug-likeness (QED) is 0.629. The lowest BCUT2D eigenvalue weighted by Crippen LogP contribution is -2.30. The lowest BCUT2D eigenvalue weighted by atomic mass is 10.1. The van der Waals surface area contributed by atoms with E-state index in [0.29, 0.717) is 32.5 Å². The molecule has 0 unspecified atom stereocenters. The Morgan fingerprint density at radius 3 is 2.26 bits per heavy atom. The highest BCUT2D eigenvalue weighted by molar-refractivity contribution is 9.10. The first-order valence-electron chi connectivity index (χ1n) is 8.97. The number of aryl methyl sites for hydroxylation is 1. The van der Waals surface area contributed by atoms with Gasteiger partial charge in [0, 0.05) is 30.5 Å². The number of nitrogens with zero attached hydrogens (tertiary/aromatic N) is 1. The predicted octanol–water partition coefficient (Wildman–Crippen LogP) is 3.73. The van der Waals surface area contributed by atoms with Crippen LogP contribution in [-0.2, 0) is 27.8 Å². The van der Waals surface area contributed by atoms with Crippen LogP contribution in [0.5, 0.6) is 0 Å². The van der Waals surface area contributed by atoms with Gasteiger partial charge in [0.1, 0.15) is 0 Å². The van der Waals surface area contributed by atoms with Gasteiger partial charge in [-0.15, -0.1) is 0 Å². The minimum absolute atomic E-state index is 0.0365. The summed E-state index contributed by atoms with van der Waals surface area (Å²) in [6.45, 7) is 4.89. The summed E-state index contributed by atoms with van der Waals surface area (Å²) in [5.74, 6) is -0.0365. The average molecular weight is 453 g/mol. The van der Waals surface area contributed by atoms with Gasteiger partial charge in [-0.3, -0.25) is 4.79 Å². The standard InChI is InChI=1S/C20H25BrN2O3S/c1-3-23(4-2)27(25,26)18-12-9-16(10-13-18)15-22-20(24)14-11-17-7-5-6-8-19(17)21/h5-10,12-13H,3-4,11,14-15H2,1-2H3,(H,22,24). The summed E-state index contributed by atoms with van der Waals surface area (Å²) in [5, 5.41) is 2.88. The van der Waals surface area contributed by atoms with Crippen LogP contribution in [0, 0.1) is 0 Å². The molecule has 5 nitrogen and oxygen atoms in total. The Morgan fingerprint density at radius 2 is 1.67 bits per heavy atom. The minimum atomic E-state index is -3.45. The highest BCUT2D eigenvalue weighted by Gasteiger charge is 2.21. The molecule has 146 valence electrons. The predicted molar refractivity (Wildman–Crippen MR) is 111 cm³/mol. The number of benzene rings is 2. The van der Waals surface area contributed by atoms with Crippen LogP contribution in [0.1, 0.15) is 31.4 Å². The van der Waals surface area contributed by atoms with Crippen molar-refractivity contribution < 1.29 is 13.2 Å². The summed E-state index contributed by atoms with van der Waals surface area (Å²) < 4.78 is 27.4. The third-order valence-corrected chi connectivity index (χ3v) is 7.17. The van der Waals surface area contributed by atoms with Gasteiger partial charge >= 0.3 is 0 Å². The number of rotatable bonds is 9. The second-order valence-corrected chi connectivity index (χ2v) is 8.89. The molecule has 27 heavy (non-hydrogen) atoms. The van der Waals surface area contributed by atoms with E-state index in [-0.39, 0.29) is 10.8 Å². The largest absolute Gasteiger partial charge is 0.352 e. The van der Waals surface area contributed by atoms with E-state index in [0.717, 1.165) is 15.6 Å². The molecule has 0 fully saturated rings. The molecule has 0 spiro atoms. The second kappa shape index (κ2) is 10.0. The van der Waals surface area contributed by atoms with Crippen molar-refractivity contribution in [3.63, 3.8) is 0 Å². The van der Waals surface area contributed by atoms with Crippen LogP contribution >= 0.6 is 15.9 Å². The van der Waals surface area contributed by atoms with Crippen molar-refractivity contribution in [2.75, 3.05) is 13.1 Å². The Hall–Kier alpha value is -1.70. The lowest BCUT2D eigenvalue weighted by Gasteiger charge is -2.18. The monoisotopic (exact) mass is 452 g/mol. The zero-order valence-electron chi connectivity index (χ0n) is 15.6. The van der Waals surface area contributed by atoms with Gasteiger partial charge in [0.05, 0.1) is 4.90 Å². The summed E-state index contributed by atoms with van der Waals surface area (Å²) in [6.07, 6.45) is 1.06. The van der Waals surface area contributed by atoms with E-state index >= 15 is 0 Å². The molecule has 1 amide bonds. The van der Waals surface area contributed by atoms with Crippen LogP contribution in [0.2, 0.25) is 0 Å². The molecule has 7 heteroatoms. The van der Waals surface area contributed by atoms with Crippen molar-refractivity contribution in [2.45, 2.75) is 38.1 Å². The van der Waals surface area contributed by atoms with Crippen LogP contribution in [-0.4, -0.2) is 31.7 Å². The molecule has 0 aliphatic rings. The highest BCUT2D eigenvalue weighted by atomic mass is 79.9. The van der Waals surface area contributed by atoms with Crippen molar-refractivity contribution in [1.82, 2.24) is 9.62 Å². The van der Waals surface area contributed by atoms with Crippen LogP contribution in [0.25, 0.3) is 0 Å². The molecule has 0 radical (unpaired) electrons. The molecule has 0 heterocycles. The third-order valence-electron chi connectivity index (χ3n) is 4.34. The zero-order valence-corrected chi connectivity index (χ0v) is 18.0. The van der Waals surface area contributed by atoms with Crippen LogP contribution in [0.3, 0.4) is 0 Å². The van der Waals surface area contributed by atoms with E-state index in [1.165, 1.54) is 4.31 Å². The van der Waals surface area contributed by atoms with Gasteiger partial charge in [0.15, 0.2) is 0 Å². The van der Waals surface area contributed by atoms with Crippen molar-refractivity contribution in [3.8, 4) is 0 Å². The summed E-state index contributed by atoms with van der Waals surface area (Å²) >= 11 is 3.48. The number of halogens is 1. The first-order valence-corrected chi connectivity index (χ1v) is 11.2. The molecule has 0 saturated carbocycles. The highest BCUT2D eigenvalue weighted by Crippen LogP contribution is 2.18. The third kappa shape index (κ3) is 5.89. The SMILES string of the molecule is CCN(CC)S(=O)(=O)c1ccc(CNC(=O)CCc2ccccc2Br)cc1. The summed E-state index contributed by atoms with van der Waals surface area (Å²) in [7, 11) is -3.45. The van der Waals surface area contributed by atoms with E-state index in [4.69, 9.17) is 0 Å². The molecule has 2 aromatic rings. The maximum atomic E-state index is 12.5. The Balaban J connectivity index is 1.89.